The van der Waals surface area contributed by atoms with Crippen LogP contribution in [0.3, 0.4) is 0 Å². The van der Waals surface area contributed by atoms with E-state index < -0.39 is 0 Å². The van der Waals surface area contributed by atoms with Crippen LogP contribution in [0.2, 0.25) is 0 Å². The predicted molar refractivity (Wildman–Crippen MR) is 116 cm³/mol. The fraction of sp³-hybridized carbons (Fsp3) is 0.417. The lowest BCUT2D eigenvalue weighted by molar-refractivity contribution is 0.0732. The van der Waals surface area contributed by atoms with Crippen molar-refractivity contribution in [2.24, 2.45) is 0 Å². The van der Waals surface area contributed by atoms with E-state index in [-0.39, 0.29) is 0 Å². The Bertz CT molecular complexity index is 715. The van der Waals surface area contributed by atoms with E-state index in [0.29, 0.717) is 89.1 Å². The van der Waals surface area contributed by atoms with Crippen molar-refractivity contribution in [2.45, 2.75) is 0 Å². The number of fused-ring (bicyclic) bond motifs is 2. The fourth-order valence-corrected chi connectivity index (χ4v) is 2.76. The number of ether oxygens (including phenoxy) is 7. The zero-order valence-electron chi connectivity index (χ0n) is 17.7. The number of benzene rings is 2. The maximum atomic E-state index is 5.79. The summed E-state index contributed by atoms with van der Waals surface area (Å²) in [7, 11) is 0. The number of para-hydroxylation sites is 4. The van der Waals surface area contributed by atoms with Gasteiger partial charge in [0.15, 0.2) is 23.0 Å². The molecular formula is C24H30O7. The van der Waals surface area contributed by atoms with E-state index in [9.17, 15) is 0 Å². The van der Waals surface area contributed by atoms with Gasteiger partial charge in [0, 0.05) is 0 Å². The first-order valence-corrected chi connectivity index (χ1v) is 10.5. The van der Waals surface area contributed by atoms with Crippen LogP contribution in [0.25, 0.3) is 0 Å². The largest absolute Gasteiger partial charge is 0.487 e. The molecule has 0 fully saturated rings. The molecule has 0 amide bonds. The Hall–Kier alpha value is -2.74. The lowest BCUT2D eigenvalue weighted by Gasteiger charge is -2.14. The van der Waals surface area contributed by atoms with Gasteiger partial charge >= 0.3 is 0 Å². The van der Waals surface area contributed by atoms with Gasteiger partial charge in [-0.15, -0.1) is 0 Å². The van der Waals surface area contributed by atoms with Gasteiger partial charge in [-0.2, -0.15) is 0 Å². The highest BCUT2D eigenvalue weighted by molar-refractivity contribution is 5.40. The summed E-state index contributed by atoms with van der Waals surface area (Å²) in [6.07, 6.45) is 3.85. The highest BCUT2D eigenvalue weighted by atomic mass is 16.6. The van der Waals surface area contributed by atoms with E-state index in [4.69, 9.17) is 33.2 Å². The number of hydrogen-bond acceptors (Lipinski definition) is 7. The average Bonchev–Trinajstić information content (AvgIpc) is 2.80. The molecule has 168 valence electrons. The lowest BCUT2D eigenvalue weighted by atomic mass is 10.3. The SMILES string of the molecule is C1=C/COCCOc2ccccc2OCCOCCOc2ccccc2OCCOC/1. The van der Waals surface area contributed by atoms with Crippen LogP contribution in [0.1, 0.15) is 0 Å². The number of hydrogen-bond donors (Lipinski definition) is 0. The van der Waals surface area contributed by atoms with Crippen molar-refractivity contribution in [1.29, 1.82) is 0 Å². The third kappa shape index (κ3) is 8.88. The van der Waals surface area contributed by atoms with Crippen LogP contribution < -0.4 is 18.9 Å². The van der Waals surface area contributed by atoms with Crippen molar-refractivity contribution in [3.05, 3.63) is 60.7 Å². The quantitative estimate of drug-likeness (QED) is 0.593. The van der Waals surface area contributed by atoms with Crippen molar-refractivity contribution in [3.63, 3.8) is 0 Å². The van der Waals surface area contributed by atoms with E-state index in [1.54, 1.807) is 0 Å². The van der Waals surface area contributed by atoms with Gasteiger partial charge in [-0.1, -0.05) is 36.4 Å². The molecule has 2 aromatic carbocycles. The van der Waals surface area contributed by atoms with Gasteiger partial charge in [0.25, 0.3) is 0 Å². The highest BCUT2D eigenvalue weighted by Gasteiger charge is 2.06. The molecule has 2 aromatic rings. The maximum Gasteiger partial charge on any atom is 0.161 e. The monoisotopic (exact) mass is 430 g/mol. The highest BCUT2D eigenvalue weighted by Crippen LogP contribution is 2.27. The summed E-state index contributed by atoms with van der Waals surface area (Å²) < 4.78 is 39.8. The minimum Gasteiger partial charge on any atom is -0.487 e. The zero-order valence-corrected chi connectivity index (χ0v) is 17.7. The Labute approximate surface area is 183 Å². The van der Waals surface area contributed by atoms with E-state index >= 15 is 0 Å². The molecule has 0 spiro atoms. The van der Waals surface area contributed by atoms with Crippen molar-refractivity contribution >= 4 is 0 Å². The second-order valence-corrected chi connectivity index (χ2v) is 6.52. The van der Waals surface area contributed by atoms with Crippen molar-refractivity contribution < 1.29 is 33.2 Å². The van der Waals surface area contributed by atoms with E-state index in [0.717, 1.165) is 0 Å². The van der Waals surface area contributed by atoms with Gasteiger partial charge in [0.1, 0.15) is 26.4 Å². The number of rotatable bonds is 0. The first-order valence-electron chi connectivity index (χ1n) is 10.5. The van der Waals surface area contributed by atoms with Gasteiger partial charge in [-0.3, -0.25) is 0 Å². The molecule has 1 aliphatic heterocycles. The summed E-state index contributed by atoms with van der Waals surface area (Å²) in [6, 6.07) is 15.1. The molecule has 7 heteroatoms. The summed E-state index contributed by atoms with van der Waals surface area (Å²) in [5.74, 6) is 2.74. The van der Waals surface area contributed by atoms with Crippen LogP contribution >= 0.6 is 0 Å². The second kappa shape index (κ2) is 14.3. The van der Waals surface area contributed by atoms with Crippen LogP contribution in [0, 0.1) is 0 Å². The third-order valence-electron chi connectivity index (χ3n) is 4.23. The first-order chi connectivity index (χ1) is 15.4. The third-order valence-corrected chi connectivity index (χ3v) is 4.23. The van der Waals surface area contributed by atoms with Crippen LogP contribution in [0.15, 0.2) is 60.7 Å². The topological polar surface area (TPSA) is 64.6 Å². The molecule has 0 atom stereocenters. The van der Waals surface area contributed by atoms with Gasteiger partial charge in [-0.05, 0) is 24.3 Å². The summed E-state index contributed by atoms with van der Waals surface area (Å²) in [5.41, 5.74) is 0. The minimum absolute atomic E-state index is 0.418. The molecule has 31 heavy (non-hydrogen) atoms. The van der Waals surface area contributed by atoms with Crippen molar-refractivity contribution in [2.75, 3.05) is 66.1 Å². The molecule has 0 radical (unpaired) electrons. The summed E-state index contributed by atoms with van der Waals surface area (Å²) in [6.45, 7) is 4.58. The van der Waals surface area contributed by atoms with Crippen LogP contribution in [-0.2, 0) is 14.2 Å². The zero-order chi connectivity index (χ0) is 21.4. The Morgan fingerprint density at radius 1 is 0.387 bits per heavy atom. The molecule has 1 aliphatic rings. The molecule has 0 aliphatic carbocycles. The fourth-order valence-electron chi connectivity index (χ4n) is 2.76. The van der Waals surface area contributed by atoms with Gasteiger partial charge in [0.2, 0.25) is 0 Å². The van der Waals surface area contributed by atoms with Crippen LogP contribution in [-0.4, -0.2) is 66.1 Å². The lowest BCUT2D eigenvalue weighted by Crippen LogP contribution is -2.13. The second-order valence-electron chi connectivity index (χ2n) is 6.52. The van der Waals surface area contributed by atoms with Crippen molar-refractivity contribution in [1.82, 2.24) is 0 Å². The average molecular weight is 430 g/mol. The summed E-state index contributed by atoms with van der Waals surface area (Å²) >= 11 is 0. The van der Waals surface area contributed by atoms with E-state index in [1.807, 2.05) is 60.7 Å². The molecular weight excluding hydrogens is 400 g/mol. The van der Waals surface area contributed by atoms with Crippen LogP contribution in [0.5, 0.6) is 23.0 Å². The molecule has 0 aromatic heterocycles. The standard InChI is InChI=1S/C24H30O7/c1-3-9-23-21(7-1)28-17-13-25-11-5-6-12-26-14-18-29-22-8-2-4-10-24(22)31-20-16-27-15-19-30-23/h1-10H,11-20H2/b6-5+. The molecule has 0 saturated heterocycles. The minimum atomic E-state index is 0.418. The smallest absolute Gasteiger partial charge is 0.161 e. The molecule has 3 rings (SSSR count). The Morgan fingerprint density at radius 3 is 1.06 bits per heavy atom. The first kappa shape index (κ1) is 22.9. The Kier molecular flexibility index (Phi) is 10.6. The van der Waals surface area contributed by atoms with Gasteiger partial charge in [0.05, 0.1) is 39.6 Å². The molecule has 0 N–H and O–H groups in total. The maximum absolute atomic E-state index is 5.79. The Balaban J connectivity index is 1.51. The van der Waals surface area contributed by atoms with Gasteiger partial charge < -0.3 is 33.2 Å². The molecule has 0 bridgehead atoms. The molecule has 0 saturated carbocycles. The van der Waals surface area contributed by atoms with E-state index in [2.05, 4.69) is 0 Å². The predicted octanol–water partition coefficient (Wildman–Crippen LogP) is 3.52. The normalized spacial score (nSPS) is 18.6. The summed E-state index contributed by atoms with van der Waals surface area (Å²) in [4.78, 5) is 0. The molecule has 7 nitrogen and oxygen atoms in total. The van der Waals surface area contributed by atoms with Gasteiger partial charge in [-0.25, -0.2) is 0 Å². The molecule has 1 heterocycles. The van der Waals surface area contributed by atoms with Crippen LogP contribution in [0.4, 0.5) is 0 Å². The van der Waals surface area contributed by atoms with E-state index in [1.165, 1.54) is 0 Å². The Morgan fingerprint density at radius 2 is 0.710 bits per heavy atom. The summed E-state index contributed by atoms with van der Waals surface area (Å²) in [5, 5.41) is 0. The molecule has 0 unspecified atom stereocenters. The van der Waals surface area contributed by atoms with Crippen molar-refractivity contribution in [3.8, 4) is 23.0 Å².